The Morgan fingerprint density at radius 3 is 2.61 bits per heavy atom. The summed E-state index contributed by atoms with van der Waals surface area (Å²) in [5, 5.41) is 3.38. The van der Waals surface area contributed by atoms with Gasteiger partial charge in [-0.15, -0.1) is 0 Å². The number of alkyl halides is 2. The van der Waals surface area contributed by atoms with Crippen LogP contribution >= 0.6 is 0 Å². The van der Waals surface area contributed by atoms with Gasteiger partial charge in [-0.05, 0) is 44.5 Å². The van der Waals surface area contributed by atoms with Gasteiger partial charge >= 0.3 is 0 Å². The first kappa shape index (κ1) is 13.3. The van der Waals surface area contributed by atoms with Crippen molar-refractivity contribution >= 4 is 0 Å². The number of halogens is 2. The third-order valence-electron chi connectivity index (χ3n) is 3.67. The van der Waals surface area contributed by atoms with Gasteiger partial charge < -0.3 is 10.1 Å². The molecule has 18 heavy (non-hydrogen) atoms. The summed E-state index contributed by atoms with van der Waals surface area (Å²) in [6, 6.07) is 4.63. The Bertz CT molecular complexity index is 434. The summed E-state index contributed by atoms with van der Waals surface area (Å²) in [5.74, 6) is -2.16. The van der Waals surface area contributed by atoms with E-state index in [0.29, 0.717) is 5.75 Å². The lowest BCUT2D eigenvalue weighted by Gasteiger charge is -2.28. The Kier molecular flexibility index (Phi) is 3.32. The van der Waals surface area contributed by atoms with Crippen LogP contribution in [-0.4, -0.2) is 13.7 Å². The Labute approximate surface area is 106 Å². The first-order valence-corrected chi connectivity index (χ1v) is 6.19. The molecule has 1 saturated heterocycles. The number of rotatable bonds is 3. The minimum Gasteiger partial charge on any atom is -0.496 e. The molecular formula is C14H19F2NO. The lowest BCUT2D eigenvalue weighted by atomic mass is 9.88. The fourth-order valence-electron chi connectivity index (χ4n) is 2.54. The van der Waals surface area contributed by atoms with Crippen LogP contribution in [0.1, 0.15) is 37.8 Å². The second-order valence-corrected chi connectivity index (χ2v) is 5.17. The molecule has 2 nitrogen and oxygen atoms in total. The molecule has 0 amide bonds. The van der Waals surface area contributed by atoms with Gasteiger partial charge in [0.05, 0.1) is 7.11 Å². The van der Waals surface area contributed by atoms with Gasteiger partial charge in [0, 0.05) is 23.6 Å². The van der Waals surface area contributed by atoms with Gasteiger partial charge in [0.25, 0.3) is 5.92 Å². The van der Waals surface area contributed by atoms with Gasteiger partial charge in [-0.3, -0.25) is 0 Å². The zero-order valence-corrected chi connectivity index (χ0v) is 11.0. The molecule has 1 fully saturated rings. The number of methoxy groups -OCH3 is 1. The van der Waals surface area contributed by atoms with Crippen LogP contribution in [0.3, 0.4) is 0 Å². The fourth-order valence-corrected chi connectivity index (χ4v) is 2.54. The lowest BCUT2D eigenvalue weighted by molar-refractivity contribution is 0.0172. The van der Waals surface area contributed by atoms with Gasteiger partial charge in [0.15, 0.2) is 0 Å². The summed E-state index contributed by atoms with van der Waals surface area (Å²) in [6.45, 7) is 3.87. The van der Waals surface area contributed by atoms with Gasteiger partial charge in [0.2, 0.25) is 0 Å². The van der Waals surface area contributed by atoms with E-state index < -0.39 is 5.92 Å². The van der Waals surface area contributed by atoms with Crippen molar-refractivity contribution in [2.45, 2.75) is 38.2 Å². The van der Waals surface area contributed by atoms with E-state index in [2.05, 4.69) is 5.32 Å². The van der Waals surface area contributed by atoms with Crippen LogP contribution in [0, 0.1) is 0 Å². The summed E-state index contributed by atoms with van der Waals surface area (Å²) >= 11 is 0. The van der Waals surface area contributed by atoms with Crippen molar-refractivity contribution in [1.82, 2.24) is 5.32 Å². The predicted octanol–water partition coefficient (Wildman–Crippen LogP) is 3.41. The van der Waals surface area contributed by atoms with Gasteiger partial charge in [0.1, 0.15) is 5.75 Å². The van der Waals surface area contributed by atoms with E-state index in [1.54, 1.807) is 19.2 Å². The Morgan fingerprint density at radius 2 is 2.11 bits per heavy atom. The minimum atomic E-state index is -2.82. The van der Waals surface area contributed by atoms with E-state index in [1.807, 2.05) is 6.92 Å². The molecule has 1 heterocycles. The Balaban J connectivity index is 2.49. The lowest BCUT2D eigenvalue weighted by Crippen LogP contribution is -2.33. The molecule has 0 bridgehead atoms. The summed E-state index contributed by atoms with van der Waals surface area (Å²) in [4.78, 5) is 0. The molecule has 1 aromatic rings. The molecule has 0 aromatic heterocycles. The number of ether oxygens (including phenoxy) is 1. The van der Waals surface area contributed by atoms with Crippen LogP contribution in [0.25, 0.3) is 0 Å². The highest BCUT2D eigenvalue weighted by molar-refractivity contribution is 5.43. The predicted molar refractivity (Wildman–Crippen MR) is 67.2 cm³/mol. The highest BCUT2D eigenvalue weighted by atomic mass is 19.3. The van der Waals surface area contributed by atoms with Crippen molar-refractivity contribution in [1.29, 1.82) is 0 Å². The van der Waals surface area contributed by atoms with Crippen molar-refractivity contribution in [3.8, 4) is 5.75 Å². The van der Waals surface area contributed by atoms with E-state index >= 15 is 0 Å². The molecule has 1 N–H and O–H groups in total. The average Bonchev–Trinajstić information content (AvgIpc) is 2.75. The zero-order chi connectivity index (χ0) is 13.4. The highest BCUT2D eigenvalue weighted by Gasteiger charge is 2.35. The SMILES string of the molecule is COc1ccc(C(C)(F)F)cc1C1(C)CCCN1. The first-order valence-electron chi connectivity index (χ1n) is 6.19. The number of hydrogen-bond donors (Lipinski definition) is 1. The second kappa shape index (κ2) is 4.50. The third-order valence-corrected chi connectivity index (χ3v) is 3.67. The maximum absolute atomic E-state index is 13.4. The van der Waals surface area contributed by atoms with E-state index in [-0.39, 0.29) is 11.1 Å². The molecule has 1 aliphatic heterocycles. The maximum atomic E-state index is 13.4. The van der Waals surface area contributed by atoms with Crippen molar-refractivity contribution < 1.29 is 13.5 Å². The van der Waals surface area contributed by atoms with Crippen molar-refractivity contribution in [3.63, 3.8) is 0 Å². The molecule has 4 heteroatoms. The van der Waals surface area contributed by atoms with E-state index in [0.717, 1.165) is 31.9 Å². The fraction of sp³-hybridized carbons (Fsp3) is 0.571. The normalized spacial score (nSPS) is 24.3. The van der Waals surface area contributed by atoms with Gasteiger partial charge in [-0.25, -0.2) is 8.78 Å². The molecule has 0 radical (unpaired) electrons. The summed E-state index contributed by atoms with van der Waals surface area (Å²) in [5.41, 5.74) is 0.585. The van der Waals surface area contributed by atoms with Crippen LogP contribution in [0.2, 0.25) is 0 Å². The number of hydrogen-bond acceptors (Lipinski definition) is 2. The molecule has 0 spiro atoms. The molecule has 0 saturated carbocycles. The van der Waals surface area contributed by atoms with Crippen molar-refractivity contribution in [3.05, 3.63) is 29.3 Å². The molecule has 1 unspecified atom stereocenters. The molecule has 1 atom stereocenters. The molecule has 1 aromatic carbocycles. The Hall–Kier alpha value is -1.16. The monoisotopic (exact) mass is 255 g/mol. The standard InChI is InChI=1S/C14H19F2NO/c1-13(7-4-8-17-13)11-9-10(14(2,15)16)5-6-12(11)18-3/h5-6,9,17H,4,7-8H2,1-3H3. The molecular weight excluding hydrogens is 236 g/mol. The molecule has 2 rings (SSSR count). The van der Waals surface area contributed by atoms with Crippen molar-refractivity contribution in [2.75, 3.05) is 13.7 Å². The summed E-state index contributed by atoms with van der Waals surface area (Å²) in [7, 11) is 1.57. The number of nitrogens with one attached hydrogen (secondary N) is 1. The van der Waals surface area contributed by atoms with E-state index in [1.165, 1.54) is 6.07 Å². The third kappa shape index (κ3) is 2.34. The topological polar surface area (TPSA) is 21.3 Å². The van der Waals surface area contributed by atoms with Crippen LogP contribution in [0.4, 0.5) is 8.78 Å². The average molecular weight is 255 g/mol. The van der Waals surface area contributed by atoms with Crippen molar-refractivity contribution in [2.24, 2.45) is 0 Å². The maximum Gasteiger partial charge on any atom is 0.270 e. The van der Waals surface area contributed by atoms with E-state index in [9.17, 15) is 8.78 Å². The van der Waals surface area contributed by atoms with Crippen LogP contribution in [0.15, 0.2) is 18.2 Å². The quantitative estimate of drug-likeness (QED) is 0.893. The zero-order valence-electron chi connectivity index (χ0n) is 11.0. The highest BCUT2D eigenvalue weighted by Crippen LogP contribution is 2.39. The first-order chi connectivity index (χ1) is 8.37. The summed E-state index contributed by atoms with van der Waals surface area (Å²) in [6.07, 6.45) is 1.98. The van der Waals surface area contributed by atoms with Crippen LogP contribution in [0.5, 0.6) is 5.75 Å². The largest absolute Gasteiger partial charge is 0.496 e. The van der Waals surface area contributed by atoms with Crippen LogP contribution < -0.4 is 10.1 Å². The smallest absolute Gasteiger partial charge is 0.270 e. The molecule has 0 aliphatic carbocycles. The Morgan fingerprint density at radius 1 is 1.39 bits per heavy atom. The van der Waals surface area contributed by atoms with E-state index in [4.69, 9.17) is 4.74 Å². The van der Waals surface area contributed by atoms with Gasteiger partial charge in [-0.2, -0.15) is 0 Å². The minimum absolute atomic E-state index is 0.0354. The van der Waals surface area contributed by atoms with Crippen LogP contribution in [-0.2, 0) is 11.5 Å². The number of benzene rings is 1. The molecule has 100 valence electrons. The second-order valence-electron chi connectivity index (χ2n) is 5.17. The van der Waals surface area contributed by atoms with Gasteiger partial charge in [-0.1, -0.05) is 0 Å². The molecule has 1 aliphatic rings. The summed E-state index contributed by atoms with van der Waals surface area (Å²) < 4.78 is 32.1.